The van der Waals surface area contributed by atoms with Gasteiger partial charge in [-0.1, -0.05) is 12.1 Å². The number of halogens is 3. The lowest BCUT2D eigenvalue weighted by Gasteiger charge is -2.11. The topological polar surface area (TPSA) is 21.3 Å². The van der Waals surface area contributed by atoms with E-state index in [1.165, 1.54) is 12.1 Å². The van der Waals surface area contributed by atoms with Crippen molar-refractivity contribution < 1.29 is 13.5 Å². The molecule has 0 saturated carbocycles. The molecule has 0 aliphatic heterocycles. The Kier molecular flexibility index (Phi) is 4.50. The molecule has 0 aliphatic carbocycles. The standard InChI is InChI=1S/C14H12BrF2NO/c1-18-8-9-6-11(16)14(12(17)7-9)19-13-5-3-2-4-10(13)15/h2-7,18H,8H2,1H3. The van der Waals surface area contributed by atoms with Gasteiger partial charge in [0.05, 0.1) is 4.47 Å². The summed E-state index contributed by atoms with van der Waals surface area (Å²) in [5.41, 5.74) is 0.525. The highest BCUT2D eigenvalue weighted by Gasteiger charge is 2.14. The maximum absolute atomic E-state index is 13.8. The maximum Gasteiger partial charge on any atom is 0.198 e. The van der Waals surface area contributed by atoms with Gasteiger partial charge in [-0.2, -0.15) is 0 Å². The molecule has 0 unspecified atom stereocenters. The van der Waals surface area contributed by atoms with E-state index in [4.69, 9.17) is 4.74 Å². The van der Waals surface area contributed by atoms with Gasteiger partial charge in [0.1, 0.15) is 5.75 Å². The van der Waals surface area contributed by atoms with Gasteiger partial charge in [-0.3, -0.25) is 0 Å². The lowest BCUT2D eigenvalue weighted by Crippen LogP contribution is -2.06. The minimum atomic E-state index is -0.721. The summed E-state index contributed by atoms with van der Waals surface area (Å²) in [5, 5.41) is 2.84. The van der Waals surface area contributed by atoms with Crippen LogP contribution in [0.4, 0.5) is 8.78 Å². The van der Waals surface area contributed by atoms with Crippen molar-refractivity contribution in [2.45, 2.75) is 6.54 Å². The monoisotopic (exact) mass is 327 g/mol. The SMILES string of the molecule is CNCc1cc(F)c(Oc2ccccc2Br)c(F)c1. The van der Waals surface area contributed by atoms with E-state index in [0.29, 0.717) is 22.3 Å². The summed E-state index contributed by atoms with van der Waals surface area (Å²) >= 11 is 3.26. The van der Waals surface area contributed by atoms with E-state index in [1.54, 1.807) is 31.3 Å². The van der Waals surface area contributed by atoms with E-state index in [0.717, 1.165) is 0 Å². The van der Waals surface area contributed by atoms with Gasteiger partial charge in [-0.15, -0.1) is 0 Å². The molecule has 0 saturated heterocycles. The van der Waals surface area contributed by atoms with E-state index in [2.05, 4.69) is 21.2 Å². The quantitative estimate of drug-likeness (QED) is 0.906. The first-order valence-corrected chi connectivity index (χ1v) is 6.46. The fraction of sp³-hybridized carbons (Fsp3) is 0.143. The highest BCUT2D eigenvalue weighted by molar-refractivity contribution is 9.10. The molecule has 1 N–H and O–H groups in total. The van der Waals surface area contributed by atoms with E-state index < -0.39 is 17.4 Å². The molecule has 2 aromatic carbocycles. The molecule has 19 heavy (non-hydrogen) atoms. The smallest absolute Gasteiger partial charge is 0.198 e. The Morgan fingerprint density at radius 1 is 1.16 bits per heavy atom. The first-order valence-electron chi connectivity index (χ1n) is 5.66. The van der Waals surface area contributed by atoms with Crippen LogP contribution in [-0.4, -0.2) is 7.05 Å². The van der Waals surface area contributed by atoms with E-state index in [1.807, 2.05) is 0 Å². The number of nitrogens with one attached hydrogen (secondary N) is 1. The van der Waals surface area contributed by atoms with Crippen LogP contribution in [0.1, 0.15) is 5.56 Å². The van der Waals surface area contributed by atoms with Gasteiger partial charge in [-0.25, -0.2) is 8.78 Å². The number of rotatable bonds is 4. The number of hydrogen-bond acceptors (Lipinski definition) is 2. The molecule has 0 aromatic heterocycles. The molecule has 0 radical (unpaired) electrons. The fourth-order valence-corrected chi connectivity index (χ4v) is 2.02. The molecule has 2 nitrogen and oxygen atoms in total. The van der Waals surface area contributed by atoms with Gasteiger partial charge >= 0.3 is 0 Å². The molecule has 2 rings (SSSR count). The molecular formula is C14H12BrF2NO. The summed E-state index contributed by atoms with van der Waals surface area (Å²) in [6, 6.07) is 9.40. The van der Waals surface area contributed by atoms with Gasteiger partial charge in [0.2, 0.25) is 0 Å². The number of benzene rings is 2. The van der Waals surface area contributed by atoms with Gasteiger partial charge < -0.3 is 10.1 Å². The zero-order valence-corrected chi connectivity index (χ0v) is 11.8. The van der Waals surface area contributed by atoms with Crippen LogP contribution in [0.25, 0.3) is 0 Å². The summed E-state index contributed by atoms with van der Waals surface area (Å²) < 4.78 is 33.6. The van der Waals surface area contributed by atoms with Crippen molar-refractivity contribution >= 4 is 15.9 Å². The Hall–Kier alpha value is -1.46. The van der Waals surface area contributed by atoms with Crippen LogP contribution < -0.4 is 10.1 Å². The number of hydrogen-bond donors (Lipinski definition) is 1. The van der Waals surface area contributed by atoms with Gasteiger partial charge in [0.25, 0.3) is 0 Å². The molecule has 0 atom stereocenters. The lowest BCUT2D eigenvalue weighted by molar-refractivity contribution is 0.404. The van der Waals surface area contributed by atoms with Crippen molar-refractivity contribution in [2.24, 2.45) is 0 Å². The molecule has 0 spiro atoms. The van der Waals surface area contributed by atoms with Gasteiger partial charge in [0.15, 0.2) is 17.4 Å². The zero-order chi connectivity index (χ0) is 13.8. The third-order valence-electron chi connectivity index (χ3n) is 2.49. The maximum atomic E-state index is 13.8. The second-order valence-corrected chi connectivity index (χ2v) is 4.81. The van der Waals surface area contributed by atoms with Crippen LogP contribution in [0.3, 0.4) is 0 Å². The van der Waals surface area contributed by atoms with Crippen LogP contribution in [0.15, 0.2) is 40.9 Å². The average Bonchev–Trinajstić information content (AvgIpc) is 2.36. The van der Waals surface area contributed by atoms with Crippen LogP contribution in [0.2, 0.25) is 0 Å². The Labute approximate surface area is 118 Å². The van der Waals surface area contributed by atoms with Crippen LogP contribution >= 0.6 is 15.9 Å². The molecule has 0 aliphatic rings. The molecule has 100 valence electrons. The number of ether oxygens (including phenoxy) is 1. The van der Waals surface area contributed by atoms with Crippen molar-refractivity contribution in [3.05, 3.63) is 58.1 Å². The van der Waals surface area contributed by atoms with Crippen molar-refractivity contribution in [1.82, 2.24) is 5.32 Å². The Morgan fingerprint density at radius 3 is 2.37 bits per heavy atom. The summed E-state index contributed by atoms with van der Waals surface area (Å²) in [7, 11) is 1.71. The lowest BCUT2D eigenvalue weighted by atomic mass is 10.2. The Morgan fingerprint density at radius 2 is 1.79 bits per heavy atom. The van der Waals surface area contributed by atoms with Gasteiger partial charge in [-0.05, 0) is 52.8 Å². The highest BCUT2D eigenvalue weighted by Crippen LogP contribution is 2.32. The fourth-order valence-electron chi connectivity index (χ4n) is 1.65. The normalized spacial score (nSPS) is 10.5. The predicted octanol–water partition coefficient (Wildman–Crippen LogP) is 4.24. The largest absolute Gasteiger partial charge is 0.450 e. The molecular weight excluding hydrogens is 316 g/mol. The summed E-state index contributed by atoms with van der Waals surface area (Å²) in [4.78, 5) is 0. The highest BCUT2D eigenvalue weighted by atomic mass is 79.9. The molecule has 0 bridgehead atoms. The van der Waals surface area contributed by atoms with E-state index in [9.17, 15) is 8.78 Å². The molecule has 0 heterocycles. The van der Waals surface area contributed by atoms with Gasteiger partial charge in [0, 0.05) is 6.54 Å². The van der Waals surface area contributed by atoms with Crippen LogP contribution in [-0.2, 0) is 6.54 Å². The first-order chi connectivity index (χ1) is 9.11. The molecule has 0 fully saturated rings. The third-order valence-corrected chi connectivity index (χ3v) is 3.14. The molecule has 0 amide bonds. The Balaban J connectivity index is 2.33. The zero-order valence-electron chi connectivity index (χ0n) is 10.2. The average molecular weight is 328 g/mol. The second kappa shape index (κ2) is 6.12. The Bertz CT molecular complexity index is 566. The van der Waals surface area contributed by atoms with Crippen molar-refractivity contribution in [3.8, 4) is 11.5 Å². The second-order valence-electron chi connectivity index (χ2n) is 3.95. The van der Waals surface area contributed by atoms with Crippen LogP contribution in [0, 0.1) is 11.6 Å². The van der Waals surface area contributed by atoms with Crippen molar-refractivity contribution in [2.75, 3.05) is 7.05 Å². The molecule has 5 heteroatoms. The number of para-hydroxylation sites is 1. The minimum absolute atomic E-state index is 0.363. The third kappa shape index (κ3) is 3.30. The van der Waals surface area contributed by atoms with Crippen LogP contribution in [0.5, 0.6) is 11.5 Å². The minimum Gasteiger partial charge on any atom is -0.450 e. The van der Waals surface area contributed by atoms with Crippen molar-refractivity contribution in [1.29, 1.82) is 0 Å². The summed E-state index contributed by atoms with van der Waals surface area (Å²) in [5.74, 6) is -1.48. The predicted molar refractivity (Wildman–Crippen MR) is 73.3 cm³/mol. The van der Waals surface area contributed by atoms with Crippen molar-refractivity contribution in [3.63, 3.8) is 0 Å². The van der Waals surface area contributed by atoms with E-state index in [-0.39, 0.29) is 0 Å². The first kappa shape index (κ1) is 14.0. The summed E-state index contributed by atoms with van der Waals surface area (Å²) in [6.45, 7) is 0.392. The molecule has 2 aromatic rings. The summed E-state index contributed by atoms with van der Waals surface area (Å²) in [6.07, 6.45) is 0. The van der Waals surface area contributed by atoms with E-state index >= 15 is 0 Å².